The number of carbonyl (C=O) groups excluding carboxylic acids is 1. The molecule has 1 spiro atoms. The minimum Gasteiger partial charge on any atom is -0.378 e. The van der Waals surface area contributed by atoms with E-state index < -0.39 is 23.8 Å². The van der Waals surface area contributed by atoms with Gasteiger partial charge in [0.15, 0.2) is 0 Å². The summed E-state index contributed by atoms with van der Waals surface area (Å²) in [5.74, 6) is -0.131. The van der Waals surface area contributed by atoms with Gasteiger partial charge < -0.3 is 19.9 Å². The summed E-state index contributed by atoms with van der Waals surface area (Å²) < 4.78 is 47.0. The normalized spacial score (nSPS) is 23.6. The van der Waals surface area contributed by atoms with E-state index in [1.807, 2.05) is 4.90 Å². The van der Waals surface area contributed by atoms with E-state index in [2.05, 4.69) is 29.1 Å². The molecule has 0 saturated carbocycles. The van der Waals surface area contributed by atoms with Crippen LogP contribution in [0.4, 0.5) is 23.8 Å². The molecule has 2 amide bonds. The van der Waals surface area contributed by atoms with Crippen molar-refractivity contribution >= 4 is 23.4 Å². The molecule has 5 rings (SSSR count). The smallest absolute Gasteiger partial charge is 0.320 e. The summed E-state index contributed by atoms with van der Waals surface area (Å²) in [6, 6.07) is 3.19. The molecule has 1 N–H and O–H groups in total. The Kier molecular flexibility index (Phi) is 7.00. The minimum absolute atomic E-state index is 0.00573. The average molecular weight is 538 g/mol. The van der Waals surface area contributed by atoms with Gasteiger partial charge in [-0.1, -0.05) is 25.1 Å². The Morgan fingerprint density at radius 1 is 1.16 bits per heavy atom. The SMILES string of the molecule is C[C@@H]1OCC2(CCN(C(=O)N3Cc4nc(Cl)nc(N[C@H](C)c5cccc(C(F)F)c5F)c4C3)CC2)[C@@H]1C. The van der Waals surface area contributed by atoms with Gasteiger partial charge in [-0.3, -0.25) is 0 Å². The number of nitrogens with one attached hydrogen (secondary N) is 1. The predicted molar refractivity (Wildman–Crippen MR) is 133 cm³/mol. The number of alkyl halides is 2. The lowest BCUT2D eigenvalue weighted by molar-refractivity contribution is 0.0649. The number of nitrogens with zero attached hydrogens (tertiary/aromatic N) is 4. The maximum Gasteiger partial charge on any atom is 0.320 e. The van der Waals surface area contributed by atoms with Crippen LogP contribution in [0.5, 0.6) is 0 Å². The maximum absolute atomic E-state index is 14.7. The van der Waals surface area contributed by atoms with Crippen LogP contribution in [0.1, 0.15) is 68.5 Å². The molecule has 0 bridgehead atoms. The molecule has 7 nitrogen and oxygen atoms in total. The van der Waals surface area contributed by atoms with Gasteiger partial charge in [0.1, 0.15) is 11.6 Å². The minimum atomic E-state index is -2.91. The Hall–Kier alpha value is -2.59. The molecular weight excluding hydrogens is 507 g/mol. The van der Waals surface area contributed by atoms with Crippen molar-refractivity contribution in [3.8, 4) is 0 Å². The molecule has 200 valence electrons. The van der Waals surface area contributed by atoms with Crippen LogP contribution < -0.4 is 5.32 Å². The second-order valence-corrected chi connectivity index (χ2v) is 10.8. The molecule has 1 aromatic carbocycles. The molecule has 0 unspecified atom stereocenters. The van der Waals surface area contributed by atoms with Gasteiger partial charge in [0, 0.05) is 29.6 Å². The molecule has 2 saturated heterocycles. The van der Waals surface area contributed by atoms with Gasteiger partial charge >= 0.3 is 6.03 Å². The summed E-state index contributed by atoms with van der Waals surface area (Å²) >= 11 is 6.17. The fraction of sp³-hybridized carbons (Fsp3) is 0.577. The van der Waals surface area contributed by atoms with Crippen LogP contribution in [0.15, 0.2) is 18.2 Å². The van der Waals surface area contributed by atoms with Gasteiger partial charge in [-0.15, -0.1) is 0 Å². The van der Waals surface area contributed by atoms with Crippen molar-refractivity contribution in [1.82, 2.24) is 19.8 Å². The lowest BCUT2D eigenvalue weighted by Crippen LogP contribution is -2.49. The Balaban J connectivity index is 1.29. The van der Waals surface area contributed by atoms with Gasteiger partial charge in [-0.2, -0.15) is 0 Å². The zero-order valence-corrected chi connectivity index (χ0v) is 21.9. The number of anilines is 1. The molecule has 2 aromatic rings. The van der Waals surface area contributed by atoms with Crippen LogP contribution in [0.3, 0.4) is 0 Å². The van der Waals surface area contributed by atoms with Crippen LogP contribution in [0, 0.1) is 17.2 Å². The highest BCUT2D eigenvalue weighted by Gasteiger charge is 2.48. The van der Waals surface area contributed by atoms with Gasteiger partial charge in [0.2, 0.25) is 5.28 Å². The first-order valence-electron chi connectivity index (χ1n) is 12.6. The summed E-state index contributed by atoms with van der Waals surface area (Å²) in [5.41, 5.74) is 0.882. The van der Waals surface area contributed by atoms with Crippen LogP contribution in [-0.2, 0) is 17.8 Å². The van der Waals surface area contributed by atoms with E-state index in [9.17, 15) is 18.0 Å². The number of carbonyl (C=O) groups is 1. The fourth-order valence-electron chi connectivity index (χ4n) is 5.85. The Bertz CT molecular complexity index is 1190. The summed E-state index contributed by atoms with van der Waals surface area (Å²) in [7, 11) is 0. The number of hydrogen-bond acceptors (Lipinski definition) is 5. The van der Waals surface area contributed by atoms with Crippen LogP contribution in [0.2, 0.25) is 5.28 Å². The van der Waals surface area contributed by atoms with E-state index in [1.54, 1.807) is 11.8 Å². The summed E-state index contributed by atoms with van der Waals surface area (Å²) in [5, 5.41) is 3.10. The van der Waals surface area contributed by atoms with Crippen LogP contribution in [0.25, 0.3) is 0 Å². The number of piperidine rings is 1. The molecule has 4 heterocycles. The van der Waals surface area contributed by atoms with Crippen molar-refractivity contribution < 1.29 is 22.7 Å². The Morgan fingerprint density at radius 2 is 1.86 bits per heavy atom. The van der Waals surface area contributed by atoms with Gasteiger partial charge in [0.25, 0.3) is 6.43 Å². The summed E-state index contributed by atoms with van der Waals surface area (Å²) in [6.07, 6.45) is -0.866. The maximum atomic E-state index is 14.7. The lowest BCUT2D eigenvalue weighted by Gasteiger charge is -2.42. The van der Waals surface area contributed by atoms with E-state index in [-0.39, 0.29) is 41.5 Å². The number of hydrogen-bond donors (Lipinski definition) is 1. The highest BCUT2D eigenvalue weighted by Crippen LogP contribution is 2.46. The van der Waals surface area contributed by atoms with Crippen molar-refractivity contribution in [2.24, 2.45) is 11.3 Å². The first-order chi connectivity index (χ1) is 17.6. The van der Waals surface area contributed by atoms with Gasteiger partial charge in [0.05, 0.1) is 43.1 Å². The van der Waals surface area contributed by atoms with E-state index in [1.165, 1.54) is 12.1 Å². The van der Waals surface area contributed by atoms with E-state index in [0.29, 0.717) is 36.1 Å². The molecule has 3 aliphatic heterocycles. The Morgan fingerprint density at radius 3 is 2.51 bits per heavy atom. The Labute approximate surface area is 219 Å². The highest BCUT2D eigenvalue weighted by atomic mass is 35.5. The predicted octanol–water partition coefficient (Wildman–Crippen LogP) is 5.95. The standard InChI is InChI=1S/C26H31ClF3N5O2/c1-14-16(3)37-13-26(14)7-9-34(10-8-26)25(36)35-11-19-20(12-35)32-24(27)33-23(19)31-15(2)17-5-4-6-18(21(17)28)22(29)30/h4-6,14-16,22H,7-13H2,1-3H3,(H,31,32,33)/t14-,15-,16+/m1/s1. The molecule has 2 fully saturated rings. The molecule has 11 heteroatoms. The van der Waals surface area contributed by atoms with Crippen molar-refractivity contribution in [1.29, 1.82) is 0 Å². The average Bonchev–Trinajstić information content (AvgIpc) is 3.41. The topological polar surface area (TPSA) is 70.6 Å². The number of benzene rings is 1. The molecule has 37 heavy (non-hydrogen) atoms. The molecule has 0 aliphatic carbocycles. The summed E-state index contributed by atoms with van der Waals surface area (Å²) in [6.45, 7) is 8.65. The van der Waals surface area contributed by atoms with Crippen LogP contribution >= 0.6 is 11.6 Å². The van der Waals surface area contributed by atoms with Crippen molar-refractivity contribution in [2.75, 3.05) is 25.0 Å². The highest BCUT2D eigenvalue weighted by molar-refractivity contribution is 6.28. The first kappa shape index (κ1) is 26.0. The third-order valence-electron chi connectivity index (χ3n) is 8.47. The fourth-order valence-corrected chi connectivity index (χ4v) is 6.03. The van der Waals surface area contributed by atoms with Crippen molar-refractivity contribution in [3.05, 3.63) is 51.7 Å². The third kappa shape index (κ3) is 4.74. The molecular formula is C26H31ClF3N5O2. The van der Waals surface area contributed by atoms with E-state index >= 15 is 0 Å². The number of ether oxygens (including phenoxy) is 1. The van der Waals surface area contributed by atoms with E-state index in [0.717, 1.165) is 25.5 Å². The third-order valence-corrected chi connectivity index (χ3v) is 8.64. The monoisotopic (exact) mass is 537 g/mol. The number of fused-ring (bicyclic) bond motifs is 1. The molecule has 3 aliphatic rings. The second kappa shape index (κ2) is 9.94. The number of halogens is 4. The molecule has 3 atom stereocenters. The van der Waals surface area contributed by atoms with Crippen LogP contribution in [-0.4, -0.2) is 51.6 Å². The second-order valence-electron chi connectivity index (χ2n) is 10.5. The quantitative estimate of drug-likeness (QED) is 0.488. The summed E-state index contributed by atoms with van der Waals surface area (Å²) in [4.78, 5) is 25.6. The number of amides is 2. The lowest BCUT2D eigenvalue weighted by atomic mass is 9.70. The molecule has 1 aromatic heterocycles. The van der Waals surface area contributed by atoms with Gasteiger partial charge in [-0.05, 0) is 44.2 Å². The zero-order valence-electron chi connectivity index (χ0n) is 21.1. The largest absolute Gasteiger partial charge is 0.378 e. The zero-order chi connectivity index (χ0) is 26.5. The van der Waals surface area contributed by atoms with Crippen molar-refractivity contribution in [2.45, 2.75) is 65.3 Å². The number of likely N-dealkylation sites (tertiary alicyclic amines) is 1. The number of rotatable bonds is 4. The van der Waals surface area contributed by atoms with Crippen molar-refractivity contribution in [3.63, 3.8) is 0 Å². The number of aromatic nitrogens is 2. The van der Waals surface area contributed by atoms with Gasteiger partial charge in [-0.25, -0.2) is 27.9 Å². The molecule has 0 radical (unpaired) electrons. The number of urea groups is 1. The van der Waals surface area contributed by atoms with E-state index in [4.69, 9.17) is 16.3 Å². The first-order valence-corrected chi connectivity index (χ1v) is 13.0.